The fourth-order valence-electron chi connectivity index (χ4n) is 1.95. The van der Waals surface area contributed by atoms with Gasteiger partial charge in [0.25, 0.3) is 0 Å². The predicted molar refractivity (Wildman–Crippen MR) is 68.8 cm³/mol. The summed E-state index contributed by atoms with van der Waals surface area (Å²) in [5.74, 6) is -0.0379. The van der Waals surface area contributed by atoms with Gasteiger partial charge in [0.1, 0.15) is 18.3 Å². The lowest BCUT2D eigenvalue weighted by atomic mass is 10.1. The van der Waals surface area contributed by atoms with E-state index in [1.807, 2.05) is 0 Å². The molecule has 0 spiro atoms. The number of aliphatic hydroxyl groups excluding tert-OH is 3. The number of methoxy groups -OCH3 is 1. The fraction of sp³-hybridized carbons (Fsp3) is 0.545. The lowest BCUT2D eigenvalue weighted by molar-refractivity contribution is -0.384. The zero-order valence-corrected chi connectivity index (χ0v) is 11.0. The molecule has 1 saturated heterocycles. The Balaban J connectivity index is 2.24. The van der Waals surface area contributed by atoms with E-state index in [0.29, 0.717) is 0 Å². The van der Waals surface area contributed by atoms with Crippen LogP contribution < -0.4 is 10.1 Å². The molecule has 0 saturated carbocycles. The van der Waals surface area contributed by atoms with Gasteiger partial charge in [-0.05, 0) is 0 Å². The largest absolute Gasteiger partial charge is 0.481 e. The van der Waals surface area contributed by atoms with Gasteiger partial charge in [-0.3, -0.25) is 10.1 Å². The lowest BCUT2D eigenvalue weighted by Crippen LogP contribution is -2.36. The van der Waals surface area contributed by atoms with Crippen LogP contribution in [0.4, 0.5) is 11.5 Å². The van der Waals surface area contributed by atoms with Gasteiger partial charge in [0, 0.05) is 12.1 Å². The normalized spacial score (nSPS) is 28.4. The average molecular weight is 301 g/mol. The molecule has 2 heterocycles. The predicted octanol–water partition coefficient (Wildman–Crippen LogP) is -1.15. The minimum Gasteiger partial charge on any atom is -0.481 e. The average Bonchev–Trinajstić information content (AvgIpc) is 2.74. The number of hydrogen-bond acceptors (Lipinski definition) is 9. The lowest BCUT2D eigenvalue weighted by Gasteiger charge is -2.17. The summed E-state index contributed by atoms with van der Waals surface area (Å²) >= 11 is 0. The monoisotopic (exact) mass is 301 g/mol. The summed E-state index contributed by atoms with van der Waals surface area (Å²) in [6, 6.07) is 2.51. The maximum absolute atomic E-state index is 11.0. The highest BCUT2D eigenvalue weighted by Gasteiger charge is 2.43. The van der Waals surface area contributed by atoms with Crippen LogP contribution >= 0.6 is 0 Å². The van der Waals surface area contributed by atoms with E-state index in [1.165, 1.54) is 19.2 Å². The molecule has 116 valence electrons. The summed E-state index contributed by atoms with van der Waals surface area (Å²) in [6.07, 6.45) is -4.80. The van der Waals surface area contributed by atoms with Crippen molar-refractivity contribution in [3.05, 3.63) is 22.2 Å². The van der Waals surface area contributed by atoms with Crippen LogP contribution in [0.5, 0.6) is 5.88 Å². The first kappa shape index (κ1) is 15.4. The van der Waals surface area contributed by atoms with Crippen LogP contribution in [-0.4, -0.2) is 63.5 Å². The molecule has 21 heavy (non-hydrogen) atoms. The molecule has 1 aliphatic heterocycles. The van der Waals surface area contributed by atoms with E-state index in [4.69, 9.17) is 14.6 Å². The Morgan fingerprint density at radius 3 is 2.71 bits per heavy atom. The second-order valence-corrected chi connectivity index (χ2v) is 4.38. The number of anilines is 1. The third-order valence-electron chi connectivity index (χ3n) is 3.08. The second kappa shape index (κ2) is 6.18. The molecule has 2 rings (SSSR count). The van der Waals surface area contributed by atoms with Crippen LogP contribution in [0.15, 0.2) is 12.1 Å². The Hall–Kier alpha value is -2.01. The highest BCUT2D eigenvalue weighted by atomic mass is 16.6. The maximum Gasteiger partial charge on any atom is 0.311 e. The topological polar surface area (TPSA) is 147 Å². The molecule has 0 amide bonds. The van der Waals surface area contributed by atoms with Crippen LogP contribution in [0.1, 0.15) is 0 Å². The number of aliphatic hydroxyl groups is 3. The van der Waals surface area contributed by atoms with E-state index >= 15 is 0 Å². The molecule has 10 heteroatoms. The van der Waals surface area contributed by atoms with Crippen molar-refractivity contribution in [3.8, 4) is 5.88 Å². The van der Waals surface area contributed by atoms with E-state index < -0.39 is 36.1 Å². The quantitative estimate of drug-likeness (QED) is 0.391. The first-order valence-corrected chi connectivity index (χ1v) is 6.06. The first-order chi connectivity index (χ1) is 9.97. The molecule has 1 fully saturated rings. The molecule has 4 atom stereocenters. The highest BCUT2D eigenvalue weighted by molar-refractivity contribution is 5.57. The van der Waals surface area contributed by atoms with E-state index in [0.717, 1.165) is 0 Å². The van der Waals surface area contributed by atoms with Crippen LogP contribution in [-0.2, 0) is 4.74 Å². The molecule has 0 bridgehead atoms. The number of pyridine rings is 1. The van der Waals surface area contributed by atoms with Crippen molar-refractivity contribution in [3.63, 3.8) is 0 Å². The zero-order valence-electron chi connectivity index (χ0n) is 11.0. The Bertz CT molecular complexity index is 527. The van der Waals surface area contributed by atoms with Crippen LogP contribution in [0.3, 0.4) is 0 Å². The van der Waals surface area contributed by atoms with Crippen molar-refractivity contribution in [2.24, 2.45) is 0 Å². The summed E-state index contributed by atoms with van der Waals surface area (Å²) < 4.78 is 10.1. The standard InChI is InChI=1S/C11H15N3O7/c1-20-7-3-2-5(14(18)19)10(12-7)13-11-9(17)8(16)6(4-15)21-11/h2-3,6,8-9,11,15-17H,4H2,1H3,(H,12,13)/t6-,8-,9-,11?/m1/s1. The molecule has 0 radical (unpaired) electrons. The molecule has 0 aliphatic carbocycles. The fourth-order valence-corrected chi connectivity index (χ4v) is 1.95. The van der Waals surface area contributed by atoms with E-state index in [2.05, 4.69) is 10.3 Å². The maximum atomic E-state index is 11.0. The number of hydrogen-bond donors (Lipinski definition) is 4. The van der Waals surface area contributed by atoms with Crippen LogP contribution in [0, 0.1) is 10.1 Å². The van der Waals surface area contributed by atoms with Gasteiger partial charge in [0.05, 0.1) is 18.6 Å². The Morgan fingerprint density at radius 1 is 1.48 bits per heavy atom. The molecule has 1 aromatic rings. The summed E-state index contributed by atoms with van der Waals surface area (Å²) in [7, 11) is 1.35. The van der Waals surface area contributed by atoms with Gasteiger partial charge in [-0.15, -0.1) is 0 Å². The van der Waals surface area contributed by atoms with Gasteiger partial charge in [-0.2, -0.15) is 4.98 Å². The van der Waals surface area contributed by atoms with Crippen molar-refractivity contribution in [2.45, 2.75) is 24.5 Å². The Kier molecular flexibility index (Phi) is 4.53. The van der Waals surface area contributed by atoms with Crippen molar-refractivity contribution < 1.29 is 29.7 Å². The number of ether oxygens (including phenoxy) is 2. The molecule has 1 aromatic heterocycles. The number of nitrogens with zero attached hydrogens (tertiary/aromatic N) is 2. The van der Waals surface area contributed by atoms with E-state index in [-0.39, 0.29) is 17.4 Å². The van der Waals surface area contributed by atoms with Crippen molar-refractivity contribution in [1.29, 1.82) is 0 Å². The van der Waals surface area contributed by atoms with Crippen molar-refractivity contribution in [1.82, 2.24) is 4.98 Å². The molecular weight excluding hydrogens is 286 g/mol. The van der Waals surface area contributed by atoms with Crippen LogP contribution in [0.25, 0.3) is 0 Å². The minimum absolute atomic E-state index is 0.134. The van der Waals surface area contributed by atoms with Gasteiger partial charge in [-0.25, -0.2) is 0 Å². The van der Waals surface area contributed by atoms with Gasteiger partial charge >= 0.3 is 5.69 Å². The summed E-state index contributed by atoms with van der Waals surface area (Å²) in [4.78, 5) is 14.2. The van der Waals surface area contributed by atoms with Crippen molar-refractivity contribution >= 4 is 11.5 Å². The van der Waals surface area contributed by atoms with E-state index in [9.17, 15) is 20.3 Å². The number of aromatic nitrogens is 1. The Morgan fingerprint density at radius 2 is 2.19 bits per heavy atom. The van der Waals surface area contributed by atoms with Gasteiger partial charge in [0.15, 0.2) is 6.23 Å². The number of nitro groups is 1. The third-order valence-corrected chi connectivity index (χ3v) is 3.08. The molecule has 10 nitrogen and oxygen atoms in total. The summed E-state index contributed by atoms with van der Waals surface area (Å²) in [5, 5.41) is 41.9. The van der Waals surface area contributed by atoms with Gasteiger partial charge in [0.2, 0.25) is 11.7 Å². The first-order valence-electron chi connectivity index (χ1n) is 6.06. The zero-order chi connectivity index (χ0) is 15.6. The number of nitrogens with one attached hydrogen (secondary N) is 1. The third kappa shape index (κ3) is 3.03. The Labute approximate surface area is 119 Å². The van der Waals surface area contributed by atoms with Gasteiger partial charge < -0.3 is 30.1 Å². The molecule has 1 aliphatic rings. The molecule has 4 N–H and O–H groups in total. The van der Waals surface area contributed by atoms with Crippen molar-refractivity contribution in [2.75, 3.05) is 19.0 Å². The molecule has 0 aromatic carbocycles. The minimum atomic E-state index is -1.37. The summed E-state index contributed by atoms with van der Waals surface area (Å²) in [5.41, 5.74) is -0.339. The van der Waals surface area contributed by atoms with Gasteiger partial charge in [-0.1, -0.05) is 0 Å². The van der Waals surface area contributed by atoms with Crippen LogP contribution in [0.2, 0.25) is 0 Å². The van der Waals surface area contributed by atoms with E-state index in [1.54, 1.807) is 0 Å². The smallest absolute Gasteiger partial charge is 0.311 e. The highest BCUT2D eigenvalue weighted by Crippen LogP contribution is 2.29. The SMILES string of the molecule is COc1ccc([N+](=O)[O-])c(NC2O[C@H](CO)[C@@H](O)[C@H]2O)n1. The molecule has 1 unspecified atom stereocenters. The number of rotatable bonds is 5. The molecular formula is C11H15N3O7. The second-order valence-electron chi connectivity index (χ2n) is 4.38. The summed E-state index contributed by atoms with van der Waals surface area (Å²) in [6.45, 7) is -0.496.